The molecule has 0 aromatic heterocycles. The van der Waals surface area contributed by atoms with E-state index in [0.717, 1.165) is 19.4 Å². The zero-order valence-electron chi connectivity index (χ0n) is 11.2. The van der Waals surface area contributed by atoms with E-state index in [2.05, 4.69) is 45.2 Å². The molecule has 0 heterocycles. The fourth-order valence-corrected chi connectivity index (χ4v) is 2.11. The first-order valence-corrected chi connectivity index (χ1v) is 6.26. The predicted octanol–water partition coefficient (Wildman–Crippen LogP) is 3.60. The molecule has 0 saturated carbocycles. The first kappa shape index (κ1) is 15.2. The molecule has 0 rings (SSSR count). The minimum Gasteiger partial charge on any atom is -0.299 e. The summed E-state index contributed by atoms with van der Waals surface area (Å²) in [5, 5.41) is 8.75. The van der Waals surface area contributed by atoms with E-state index in [4.69, 9.17) is 5.26 Å². The number of hydrogen-bond donors (Lipinski definition) is 0. The van der Waals surface area contributed by atoms with Crippen LogP contribution >= 0.6 is 0 Å². The van der Waals surface area contributed by atoms with Gasteiger partial charge in [0.1, 0.15) is 0 Å². The molecule has 0 aliphatic heterocycles. The Morgan fingerprint density at radius 2 is 1.81 bits per heavy atom. The SMILES string of the molecule is C=CCC(CC#N)CCN(C(C)C)C(C)C. The van der Waals surface area contributed by atoms with Crippen molar-refractivity contribution >= 4 is 0 Å². The Balaban J connectivity index is 4.15. The van der Waals surface area contributed by atoms with E-state index < -0.39 is 0 Å². The predicted molar refractivity (Wildman–Crippen MR) is 70.1 cm³/mol. The molecule has 0 aliphatic rings. The Morgan fingerprint density at radius 1 is 1.25 bits per heavy atom. The zero-order chi connectivity index (χ0) is 12.6. The average Bonchev–Trinajstić information content (AvgIpc) is 2.17. The van der Waals surface area contributed by atoms with Crippen molar-refractivity contribution in [3.8, 4) is 6.07 Å². The van der Waals surface area contributed by atoms with Crippen molar-refractivity contribution in [2.75, 3.05) is 6.54 Å². The number of nitriles is 1. The molecule has 0 radical (unpaired) electrons. The third kappa shape index (κ3) is 5.92. The standard InChI is InChI=1S/C14H26N2/c1-6-7-14(8-10-15)9-11-16(12(2)3)13(4)5/h6,12-14H,1,7-9,11H2,2-5H3. The lowest BCUT2D eigenvalue weighted by atomic mass is 9.97. The lowest BCUT2D eigenvalue weighted by Gasteiger charge is -2.31. The molecular weight excluding hydrogens is 196 g/mol. The fourth-order valence-electron chi connectivity index (χ4n) is 2.11. The second-order valence-electron chi connectivity index (χ2n) is 4.97. The number of hydrogen-bond acceptors (Lipinski definition) is 2. The number of nitrogens with zero attached hydrogens (tertiary/aromatic N) is 2. The van der Waals surface area contributed by atoms with Crippen molar-refractivity contribution in [1.82, 2.24) is 4.90 Å². The fraction of sp³-hybridized carbons (Fsp3) is 0.786. The van der Waals surface area contributed by atoms with Gasteiger partial charge in [-0.15, -0.1) is 6.58 Å². The van der Waals surface area contributed by atoms with Crippen LogP contribution in [0.3, 0.4) is 0 Å². The van der Waals surface area contributed by atoms with E-state index in [9.17, 15) is 0 Å². The Bertz CT molecular complexity index is 217. The van der Waals surface area contributed by atoms with E-state index in [0.29, 0.717) is 24.4 Å². The first-order chi connectivity index (χ1) is 7.52. The Labute approximate surface area is 101 Å². The third-order valence-corrected chi connectivity index (χ3v) is 3.00. The Kier molecular flexibility index (Phi) is 7.93. The maximum Gasteiger partial charge on any atom is 0.0624 e. The van der Waals surface area contributed by atoms with Crippen LogP contribution in [-0.2, 0) is 0 Å². The van der Waals surface area contributed by atoms with Crippen LogP contribution in [0.1, 0.15) is 47.0 Å². The van der Waals surface area contributed by atoms with Crippen molar-refractivity contribution < 1.29 is 0 Å². The molecule has 2 heteroatoms. The summed E-state index contributed by atoms with van der Waals surface area (Å²) >= 11 is 0. The molecule has 0 spiro atoms. The minimum absolute atomic E-state index is 0.475. The van der Waals surface area contributed by atoms with E-state index in [1.54, 1.807) is 0 Å². The van der Waals surface area contributed by atoms with Crippen LogP contribution in [0, 0.1) is 17.2 Å². The molecule has 0 bridgehead atoms. The van der Waals surface area contributed by atoms with Crippen LogP contribution in [-0.4, -0.2) is 23.5 Å². The van der Waals surface area contributed by atoms with Gasteiger partial charge >= 0.3 is 0 Å². The van der Waals surface area contributed by atoms with Gasteiger partial charge in [0, 0.05) is 18.5 Å². The lowest BCUT2D eigenvalue weighted by molar-refractivity contribution is 0.163. The lowest BCUT2D eigenvalue weighted by Crippen LogP contribution is -2.38. The number of rotatable bonds is 8. The topological polar surface area (TPSA) is 27.0 Å². The summed E-state index contributed by atoms with van der Waals surface area (Å²) in [5.41, 5.74) is 0. The van der Waals surface area contributed by atoms with E-state index in [1.807, 2.05) is 6.08 Å². The Morgan fingerprint density at radius 3 is 2.19 bits per heavy atom. The van der Waals surface area contributed by atoms with Gasteiger partial charge in [-0.05, 0) is 53.0 Å². The van der Waals surface area contributed by atoms with Gasteiger partial charge in [-0.25, -0.2) is 0 Å². The van der Waals surface area contributed by atoms with Gasteiger partial charge in [-0.3, -0.25) is 4.90 Å². The summed E-state index contributed by atoms with van der Waals surface area (Å²) in [6.07, 6.45) is 4.63. The third-order valence-electron chi connectivity index (χ3n) is 3.00. The van der Waals surface area contributed by atoms with Gasteiger partial charge in [0.05, 0.1) is 6.07 Å². The highest BCUT2D eigenvalue weighted by atomic mass is 15.2. The smallest absolute Gasteiger partial charge is 0.0624 e. The minimum atomic E-state index is 0.475. The molecule has 0 fully saturated rings. The molecule has 1 atom stereocenters. The molecule has 92 valence electrons. The van der Waals surface area contributed by atoms with Crippen molar-refractivity contribution in [3.05, 3.63) is 12.7 Å². The van der Waals surface area contributed by atoms with Crippen LogP contribution in [0.5, 0.6) is 0 Å². The molecule has 0 saturated heterocycles. The monoisotopic (exact) mass is 222 g/mol. The van der Waals surface area contributed by atoms with Crippen molar-refractivity contribution in [2.45, 2.75) is 59.0 Å². The molecule has 0 amide bonds. The zero-order valence-corrected chi connectivity index (χ0v) is 11.2. The molecule has 0 aliphatic carbocycles. The normalized spacial score (nSPS) is 13.1. The molecular formula is C14H26N2. The highest BCUT2D eigenvalue weighted by Crippen LogP contribution is 2.16. The van der Waals surface area contributed by atoms with Crippen LogP contribution in [0.2, 0.25) is 0 Å². The van der Waals surface area contributed by atoms with E-state index in [-0.39, 0.29) is 0 Å². The van der Waals surface area contributed by atoms with Gasteiger partial charge in [-0.2, -0.15) is 5.26 Å². The van der Waals surface area contributed by atoms with E-state index in [1.165, 1.54) is 0 Å². The van der Waals surface area contributed by atoms with Gasteiger partial charge < -0.3 is 0 Å². The average molecular weight is 222 g/mol. The van der Waals surface area contributed by atoms with Crippen LogP contribution in [0.4, 0.5) is 0 Å². The van der Waals surface area contributed by atoms with Crippen molar-refractivity contribution in [3.63, 3.8) is 0 Å². The molecule has 2 nitrogen and oxygen atoms in total. The van der Waals surface area contributed by atoms with Crippen LogP contribution in [0.25, 0.3) is 0 Å². The quantitative estimate of drug-likeness (QED) is 0.587. The molecule has 16 heavy (non-hydrogen) atoms. The highest BCUT2D eigenvalue weighted by Gasteiger charge is 2.15. The van der Waals surface area contributed by atoms with Crippen molar-refractivity contribution in [2.24, 2.45) is 5.92 Å². The maximum atomic E-state index is 8.75. The highest BCUT2D eigenvalue weighted by molar-refractivity contribution is 4.82. The summed E-state index contributed by atoms with van der Waals surface area (Å²) in [4.78, 5) is 2.48. The van der Waals surface area contributed by atoms with E-state index >= 15 is 0 Å². The molecule has 0 N–H and O–H groups in total. The second kappa shape index (κ2) is 8.35. The molecule has 0 aromatic carbocycles. The van der Waals surface area contributed by atoms with Crippen LogP contribution in [0.15, 0.2) is 12.7 Å². The van der Waals surface area contributed by atoms with Gasteiger partial charge in [-0.1, -0.05) is 6.08 Å². The van der Waals surface area contributed by atoms with Gasteiger partial charge in [0.15, 0.2) is 0 Å². The van der Waals surface area contributed by atoms with Gasteiger partial charge in [0.2, 0.25) is 0 Å². The summed E-state index contributed by atoms with van der Waals surface area (Å²) < 4.78 is 0. The molecule has 1 unspecified atom stereocenters. The van der Waals surface area contributed by atoms with Crippen molar-refractivity contribution in [1.29, 1.82) is 5.26 Å². The van der Waals surface area contributed by atoms with Crippen LogP contribution < -0.4 is 0 Å². The first-order valence-electron chi connectivity index (χ1n) is 6.26. The summed E-state index contributed by atoms with van der Waals surface area (Å²) in [7, 11) is 0. The largest absolute Gasteiger partial charge is 0.299 e. The Hall–Kier alpha value is -0.810. The molecule has 0 aromatic rings. The maximum absolute atomic E-state index is 8.75. The second-order valence-corrected chi connectivity index (χ2v) is 4.97. The summed E-state index contributed by atoms with van der Waals surface area (Å²) in [6, 6.07) is 3.42. The van der Waals surface area contributed by atoms with Gasteiger partial charge in [0.25, 0.3) is 0 Å². The summed E-state index contributed by atoms with van der Waals surface area (Å²) in [5.74, 6) is 0.475. The number of allylic oxidation sites excluding steroid dienone is 1. The summed E-state index contributed by atoms with van der Waals surface area (Å²) in [6.45, 7) is 13.8.